The van der Waals surface area contributed by atoms with Crippen molar-refractivity contribution >= 4 is 23.3 Å². The molecule has 5 nitrogen and oxygen atoms in total. The maximum Gasteiger partial charge on any atom is 0.328 e. The molecular formula is C12H11FN2O3. The number of aliphatic carboxylic acids is 1. The molecule has 0 radical (unpaired) electrons. The highest BCUT2D eigenvalue weighted by Crippen LogP contribution is 2.24. The Bertz CT molecular complexity index is 606. The number of aliphatic imine (C=N–C) groups is 1. The number of fused-ring (bicyclic) bond motifs is 1. The molecular weight excluding hydrogens is 239 g/mol. The number of aromatic hydroxyl groups is 1. The van der Waals surface area contributed by atoms with E-state index in [1.54, 1.807) is 12.3 Å². The van der Waals surface area contributed by atoms with Crippen LogP contribution in [-0.2, 0) is 11.2 Å². The highest BCUT2D eigenvalue weighted by Gasteiger charge is 2.18. The first kappa shape index (κ1) is 12.1. The number of nitrogens with zero attached hydrogens (tertiary/aromatic N) is 1. The van der Waals surface area contributed by atoms with Gasteiger partial charge in [-0.15, -0.1) is 0 Å². The minimum atomic E-state index is -1.20. The molecule has 2 aromatic rings. The number of nitrogens with one attached hydrogen (secondary N) is 1. The number of hydrogen-bond donors (Lipinski definition) is 3. The Hall–Kier alpha value is -2.37. The smallest absolute Gasteiger partial charge is 0.328 e. The molecule has 2 rings (SSSR count). The number of rotatable bonds is 4. The van der Waals surface area contributed by atoms with Gasteiger partial charge in [0.2, 0.25) is 0 Å². The van der Waals surface area contributed by atoms with Gasteiger partial charge in [-0.3, -0.25) is 0 Å². The summed E-state index contributed by atoms with van der Waals surface area (Å²) in [4.78, 5) is 17.1. The quantitative estimate of drug-likeness (QED) is 0.724. The molecule has 0 aliphatic rings. The molecule has 0 unspecified atom stereocenters. The lowest BCUT2D eigenvalue weighted by Gasteiger charge is -2.05. The van der Waals surface area contributed by atoms with Crippen molar-refractivity contribution in [3.05, 3.63) is 30.0 Å². The Kier molecular flexibility index (Phi) is 3.27. The topological polar surface area (TPSA) is 85.7 Å². The number of H-pyrrole nitrogens is 1. The Balaban J connectivity index is 2.36. The van der Waals surface area contributed by atoms with E-state index < -0.39 is 12.0 Å². The van der Waals surface area contributed by atoms with Gasteiger partial charge in [0.1, 0.15) is 5.75 Å². The fourth-order valence-corrected chi connectivity index (χ4v) is 1.82. The average molecular weight is 250 g/mol. The van der Waals surface area contributed by atoms with Crippen molar-refractivity contribution in [3.63, 3.8) is 0 Å². The number of carbonyl (C=O) groups is 1. The van der Waals surface area contributed by atoms with E-state index in [0.717, 1.165) is 5.52 Å². The van der Waals surface area contributed by atoms with Crippen molar-refractivity contribution in [1.29, 1.82) is 0 Å². The van der Waals surface area contributed by atoms with Crippen molar-refractivity contribution in [2.24, 2.45) is 4.99 Å². The summed E-state index contributed by atoms with van der Waals surface area (Å²) in [5.74, 6) is -1.11. The zero-order valence-corrected chi connectivity index (χ0v) is 9.30. The molecule has 0 aliphatic carbocycles. The molecule has 1 atom stereocenters. The molecule has 1 aromatic heterocycles. The molecule has 0 spiro atoms. The van der Waals surface area contributed by atoms with Crippen LogP contribution in [0.3, 0.4) is 0 Å². The number of carboxylic acid groups (broad SMARTS) is 1. The fourth-order valence-electron chi connectivity index (χ4n) is 1.82. The number of benzene rings is 1. The molecule has 0 bridgehead atoms. The summed E-state index contributed by atoms with van der Waals surface area (Å²) in [5.41, 5.74) is 1.44. The van der Waals surface area contributed by atoms with Crippen molar-refractivity contribution < 1.29 is 19.4 Å². The maximum absolute atomic E-state index is 12.0. The summed E-state index contributed by atoms with van der Waals surface area (Å²) in [7, 11) is 0. The van der Waals surface area contributed by atoms with Gasteiger partial charge in [-0.05, 0) is 23.8 Å². The minimum Gasteiger partial charge on any atom is -0.508 e. The number of hydrogen-bond acceptors (Lipinski definition) is 3. The van der Waals surface area contributed by atoms with Crippen LogP contribution in [0.1, 0.15) is 5.56 Å². The predicted molar refractivity (Wildman–Crippen MR) is 64.7 cm³/mol. The Morgan fingerprint density at radius 1 is 1.56 bits per heavy atom. The second kappa shape index (κ2) is 4.87. The highest BCUT2D eigenvalue weighted by atomic mass is 19.1. The minimum absolute atomic E-state index is 0.00883. The van der Waals surface area contributed by atoms with Gasteiger partial charge >= 0.3 is 5.97 Å². The summed E-state index contributed by atoms with van der Waals surface area (Å²) in [6.07, 6.45) is 1.69. The molecule has 1 heterocycles. The Morgan fingerprint density at radius 3 is 3.00 bits per heavy atom. The van der Waals surface area contributed by atoms with Gasteiger partial charge in [0, 0.05) is 23.5 Å². The standard InChI is InChI=1S/C12H11FN2O3/c13-6-15-11(12(17)18)3-7-5-14-10-2-1-8(16)4-9(7)10/h1-2,4-6,11,14,16H,3H2,(H,17,18)/b15-6+/t11-/m0/s1. The van der Waals surface area contributed by atoms with Crippen molar-refractivity contribution in [2.75, 3.05) is 0 Å². The maximum atomic E-state index is 12.0. The summed E-state index contributed by atoms with van der Waals surface area (Å²) in [6.45, 7) is -0.00883. The molecule has 0 aliphatic heterocycles. The predicted octanol–water partition coefficient (Wildman–Crippen LogP) is 1.87. The van der Waals surface area contributed by atoms with Crippen LogP contribution in [-0.4, -0.2) is 33.7 Å². The largest absolute Gasteiger partial charge is 0.508 e. The molecule has 0 amide bonds. The van der Waals surface area contributed by atoms with E-state index in [1.807, 2.05) is 0 Å². The van der Waals surface area contributed by atoms with Crippen LogP contribution in [0.4, 0.5) is 4.39 Å². The molecule has 3 N–H and O–H groups in total. The van der Waals surface area contributed by atoms with Gasteiger partial charge in [-0.25, -0.2) is 9.79 Å². The van der Waals surface area contributed by atoms with Crippen LogP contribution in [0, 0.1) is 0 Å². The van der Waals surface area contributed by atoms with Gasteiger partial charge in [0.25, 0.3) is 0 Å². The van der Waals surface area contributed by atoms with E-state index in [-0.39, 0.29) is 18.6 Å². The van der Waals surface area contributed by atoms with Crippen LogP contribution >= 0.6 is 0 Å². The summed E-state index contributed by atoms with van der Waals surface area (Å²) >= 11 is 0. The van der Waals surface area contributed by atoms with Crippen LogP contribution in [0.2, 0.25) is 0 Å². The molecule has 6 heteroatoms. The normalized spacial score (nSPS) is 13.2. The number of carboxylic acids is 1. The van der Waals surface area contributed by atoms with Gasteiger partial charge in [-0.1, -0.05) is 0 Å². The summed E-state index contributed by atoms with van der Waals surface area (Å²) in [6, 6.07) is 3.56. The third-order valence-electron chi connectivity index (χ3n) is 2.69. The summed E-state index contributed by atoms with van der Waals surface area (Å²) < 4.78 is 12.0. The number of aromatic nitrogens is 1. The SMILES string of the molecule is O=C(O)[C@H](Cc1c[nH]c2ccc(O)cc12)/N=C/F. The van der Waals surface area contributed by atoms with Crippen LogP contribution in [0.5, 0.6) is 5.75 Å². The zero-order chi connectivity index (χ0) is 13.1. The fraction of sp³-hybridized carbons (Fsp3) is 0.167. The first-order chi connectivity index (χ1) is 8.61. The molecule has 1 aromatic carbocycles. The lowest BCUT2D eigenvalue weighted by atomic mass is 10.1. The number of phenolic OH excluding ortho intramolecular Hbond substituents is 1. The number of halogens is 1. The molecule has 0 saturated carbocycles. The second-order valence-electron chi connectivity index (χ2n) is 3.85. The molecule has 0 saturated heterocycles. The number of phenols is 1. The van der Waals surface area contributed by atoms with E-state index in [1.165, 1.54) is 12.1 Å². The van der Waals surface area contributed by atoms with E-state index >= 15 is 0 Å². The number of aromatic amines is 1. The van der Waals surface area contributed by atoms with Crippen molar-refractivity contribution in [3.8, 4) is 5.75 Å². The lowest BCUT2D eigenvalue weighted by molar-refractivity contribution is -0.138. The van der Waals surface area contributed by atoms with E-state index in [9.17, 15) is 14.3 Å². The van der Waals surface area contributed by atoms with Crippen molar-refractivity contribution in [1.82, 2.24) is 4.98 Å². The lowest BCUT2D eigenvalue weighted by Crippen LogP contribution is -2.20. The van der Waals surface area contributed by atoms with Crippen LogP contribution in [0.15, 0.2) is 29.4 Å². The van der Waals surface area contributed by atoms with Crippen LogP contribution < -0.4 is 0 Å². The second-order valence-corrected chi connectivity index (χ2v) is 3.85. The van der Waals surface area contributed by atoms with Gasteiger partial charge in [-0.2, -0.15) is 4.39 Å². The molecule has 94 valence electrons. The third kappa shape index (κ3) is 2.32. The Morgan fingerprint density at radius 2 is 2.33 bits per heavy atom. The zero-order valence-electron chi connectivity index (χ0n) is 9.30. The van der Waals surface area contributed by atoms with Crippen molar-refractivity contribution in [2.45, 2.75) is 12.5 Å². The first-order valence-corrected chi connectivity index (χ1v) is 5.25. The van der Waals surface area contributed by atoms with E-state index in [4.69, 9.17) is 5.11 Å². The summed E-state index contributed by atoms with van der Waals surface area (Å²) in [5, 5.41) is 19.0. The average Bonchev–Trinajstić information content (AvgIpc) is 2.71. The first-order valence-electron chi connectivity index (χ1n) is 5.25. The monoisotopic (exact) mass is 250 g/mol. The Labute approximate surface area is 102 Å². The molecule has 18 heavy (non-hydrogen) atoms. The highest BCUT2D eigenvalue weighted by molar-refractivity contribution is 5.85. The third-order valence-corrected chi connectivity index (χ3v) is 2.69. The van der Waals surface area contributed by atoms with E-state index in [0.29, 0.717) is 10.9 Å². The van der Waals surface area contributed by atoms with Crippen LogP contribution in [0.25, 0.3) is 10.9 Å². The van der Waals surface area contributed by atoms with Gasteiger partial charge in [0.05, 0.1) is 0 Å². The molecule has 0 fully saturated rings. The van der Waals surface area contributed by atoms with Gasteiger partial charge in [0.15, 0.2) is 12.5 Å². The van der Waals surface area contributed by atoms with Gasteiger partial charge < -0.3 is 15.2 Å². The van der Waals surface area contributed by atoms with E-state index in [2.05, 4.69) is 9.98 Å².